The first kappa shape index (κ1) is 14.1. The number of rotatable bonds is 6. The molecule has 2 aliphatic carbocycles. The van der Waals surface area contributed by atoms with Gasteiger partial charge in [0.15, 0.2) is 0 Å². The van der Waals surface area contributed by atoms with Crippen molar-refractivity contribution in [3.05, 3.63) is 12.2 Å². The van der Waals surface area contributed by atoms with Crippen molar-refractivity contribution < 1.29 is 4.74 Å². The highest BCUT2D eigenvalue weighted by Crippen LogP contribution is 2.48. The maximum Gasteiger partial charge on any atom is 0.0672 e. The zero-order valence-corrected chi connectivity index (χ0v) is 12.0. The molecule has 2 saturated carbocycles. The molecule has 2 rings (SSSR count). The van der Waals surface area contributed by atoms with E-state index in [4.69, 9.17) is 4.74 Å². The maximum absolute atomic E-state index is 5.52. The Labute approximate surface area is 112 Å². The molecule has 0 amide bonds. The lowest BCUT2D eigenvalue weighted by Gasteiger charge is -2.37. The highest BCUT2D eigenvalue weighted by atomic mass is 16.5. The van der Waals surface area contributed by atoms with Gasteiger partial charge in [0.25, 0.3) is 0 Å². The van der Waals surface area contributed by atoms with Crippen LogP contribution in [0.25, 0.3) is 0 Å². The van der Waals surface area contributed by atoms with E-state index < -0.39 is 0 Å². The molecule has 0 aromatic rings. The SMILES string of the molecule is C=C(C)COCCNC1CCC2(CCCC2)CC1. The van der Waals surface area contributed by atoms with E-state index in [1.807, 2.05) is 6.92 Å². The molecule has 0 radical (unpaired) electrons. The summed E-state index contributed by atoms with van der Waals surface area (Å²) in [6.45, 7) is 8.36. The van der Waals surface area contributed by atoms with Gasteiger partial charge in [-0.15, -0.1) is 0 Å². The van der Waals surface area contributed by atoms with Gasteiger partial charge in [-0.05, 0) is 50.9 Å². The molecule has 2 nitrogen and oxygen atoms in total. The van der Waals surface area contributed by atoms with Crippen LogP contribution in [0, 0.1) is 5.41 Å². The van der Waals surface area contributed by atoms with Crippen LogP contribution in [-0.4, -0.2) is 25.8 Å². The minimum absolute atomic E-state index is 0.704. The molecule has 18 heavy (non-hydrogen) atoms. The minimum Gasteiger partial charge on any atom is -0.376 e. The van der Waals surface area contributed by atoms with Crippen LogP contribution in [0.2, 0.25) is 0 Å². The molecule has 2 aliphatic rings. The molecule has 0 bridgehead atoms. The first-order valence-corrected chi connectivity index (χ1v) is 7.66. The van der Waals surface area contributed by atoms with Gasteiger partial charge in [0.1, 0.15) is 0 Å². The number of nitrogens with one attached hydrogen (secondary N) is 1. The Kier molecular flexibility index (Phi) is 5.25. The summed E-state index contributed by atoms with van der Waals surface area (Å²) in [6, 6.07) is 0.740. The van der Waals surface area contributed by atoms with Crippen molar-refractivity contribution in [2.24, 2.45) is 5.41 Å². The third-order valence-corrected chi connectivity index (χ3v) is 4.74. The maximum atomic E-state index is 5.52. The van der Waals surface area contributed by atoms with Gasteiger partial charge in [0.2, 0.25) is 0 Å². The lowest BCUT2D eigenvalue weighted by Crippen LogP contribution is -2.38. The Hall–Kier alpha value is -0.340. The van der Waals surface area contributed by atoms with Gasteiger partial charge in [-0.1, -0.05) is 25.0 Å². The van der Waals surface area contributed by atoms with Crippen molar-refractivity contribution in [2.45, 2.75) is 64.3 Å². The van der Waals surface area contributed by atoms with E-state index in [9.17, 15) is 0 Å². The number of hydrogen-bond donors (Lipinski definition) is 1. The molecule has 0 aromatic carbocycles. The van der Waals surface area contributed by atoms with Crippen molar-refractivity contribution in [1.82, 2.24) is 5.32 Å². The fourth-order valence-electron chi connectivity index (χ4n) is 3.64. The third-order valence-electron chi connectivity index (χ3n) is 4.74. The molecule has 0 unspecified atom stereocenters. The van der Waals surface area contributed by atoms with Gasteiger partial charge in [0, 0.05) is 12.6 Å². The van der Waals surface area contributed by atoms with Crippen LogP contribution in [0.15, 0.2) is 12.2 Å². The molecule has 2 fully saturated rings. The number of ether oxygens (including phenoxy) is 1. The second kappa shape index (κ2) is 6.72. The predicted molar refractivity (Wildman–Crippen MR) is 76.8 cm³/mol. The average molecular weight is 251 g/mol. The third kappa shape index (κ3) is 4.10. The van der Waals surface area contributed by atoms with Gasteiger partial charge >= 0.3 is 0 Å². The Morgan fingerprint density at radius 1 is 1.22 bits per heavy atom. The second-order valence-corrected chi connectivity index (χ2v) is 6.45. The van der Waals surface area contributed by atoms with E-state index in [2.05, 4.69) is 11.9 Å². The molecule has 0 aliphatic heterocycles. The van der Waals surface area contributed by atoms with E-state index in [1.54, 1.807) is 0 Å². The lowest BCUT2D eigenvalue weighted by atomic mass is 9.71. The summed E-state index contributed by atoms with van der Waals surface area (Å²) < 4.78 is 5.52. The van der Waals surface area contributed by atoms with E-state index >= 15 is 0 Å². The summed E-state index contributed by atoms with van der Waals surface area (Å²) in [5.74, 6) is 0. The number of hydrogen-bond acceptors (Lipinski definition) is 2. The first-order chi connectivity index (χ1) is 8.70. The van der Waals surface area contributed by atoms with Crippen LogP contribution >= 0.6 is 0 Å². The van der Waals surface area contributed by atoms with E-state index in [1.165, 1.54) is 51.4 Å². The Morgan fingerprint density at radius 3 is 2.50 bits per heavy atom. The molecule has 1 N–H and O–H groups in total. The molecular weight excluding hydrogens is 222 g/mol. The lowest BCUT2D eigenvalue weighted by molar-refractivity contribution is 0.138. The quantitative estimate of drug-likeness (QED) is 0.574. The van der Waals surface area contributed by atoms with Crippen molar-refractivity contribution in [2.75, 3.05) is 19.8 Å². The van der Waals surface area contributed by atoms with Crippen molar-refractivity contribution in [3.8, 4) is 0 Å². The summed E-state index contributed by atoms with van der Waals surface area (Å²) in [7, 11) is 0. The van der Waals surface area contributed by atoms with Crippen LogP contribution in [-0.2, 0) is 4.74 Å². The van der Waals surface area contributed by atoms with Crippen LogP contribution in [0.1, 0.15) is 58.3 Å². The fraction of sp³-hybridized carbons (Fsp3) is 0.875. The molecule has 0 heterocycles. The van der Waals surface area contributed by atoms with Crippen molar-refractivity contribution in [1.29, 1.82) is 0 Å². The zero-order chi connectivity index (χ0) is 12.8. The molecule has 0 saturated heterocycles. The standard InChI is InChI=1S/C16H29NO/c1-14(2)13-18-12-11-17-15-5-9-16(10-6-15)7-3-4-8-16/h15,17H,1,3-13H2,2H3. The summed E-state index contributed by atoms with van der Waals surface area (Å²) in [5, 5.41) is 3.65. The smallest absolute Gasteiger partial charge is 0.0672 e. The van der Waals surface area contributed by atoms with E-state index in [-0.39, 0.29) is 0 Å². The molecule has 0 atom stereocenters. The highest BCUT2D eigenvalue weighted by Gasteiger charge is 2.37. The highest BCUT2D eigenvalue weighted by molar-refractivity contribution is 4.91. The van der Waals surface area contributed by atoms with Gasteiger partial charge in [-0.2, -0.15) is 0 Å². The molecule has 104 valence electrons. The van der Waals surface area contributed by atoms with Gasteiger partial charge in [0.05, 0.1) is 13.2 Å². The Morgan fingerprint density at radius 2 is 1.89 bits per heavy atom. The molecular formula is C16H29NO. The second-order valence-electron chi connectivity index (χ2n) is 6.45. The summed E-state index contributed by atoms with van der Waals surface area (Å²) in [6.07, 6.45) is 11.6. The normalized spacial score (nSPS) is 23.6. The van der Waals surface area contributed by atoms with Gasteiger partial charge in [-0.3, -0.25) is 0 Å². The Bertz CT molecular complexity index is 258. The average Bonchev–Trinajstić information content (AvgIpc) is 2.80. The van der Waals surface area contributed by atoms with Crippen LogP contribution in [0.5, 0.6) is 0 Å². The monoisotopic (exact) mass is 251 g/mol. The van der Waals surface area contributed by atoms with E-state index in [0.29, 0.717) is 6.61 Å². The molecule has 2 heteroatoms. The topological polar surface area (TPSA) is 21.3 Å². The van der Waals surface area contributed by atoms with E-state index in [0.717, 1.165) is 30.2 Å². The summed E-state index contributed by atoms with van der Waals surface area (Å²) in [5.41, 5.74) is 1.87. The van der Waals surface area contributed by atoms with Crippen LogP contribution in [0.4, 0.5) is 0 Å². The largest absolute Gasteiger partial charge is 0.376 e. The molecule has 0 aromatic heterocycles. The van der Waals surface area contributed by atoms with Gasteiger partial charge < -0.3 is 10.1 Å². The summed E-state index contributed by atoms with van der Waals surface area (Å²) >= 11 is 0. The van der Waals surface area contributed by atoms with Crippen molar-refractivity contribution in [3.63, 3.8) is 0 Å². The van der Waals surface area contributed by atoms with Crippen LogP contribution < -0.4 is 5.32 Å². The summed E-state index contributed by atoms with van der Waals surface area (Å²) in [4.78, 5) is 0. The predicted octanol–water partition coefficient (Wildman–Crippen LogP) is 3.67. The van der Waals surface area contributed by atoms with Crippen molar-refractivity contribution >= 4 is 0 Å². The Balaban J connectivity index is 1.55. The molecule has 1 spiro atoms. The zero-order valence-electron chi connectivity index (χ0n) is 12.0. The fourth-order valence-corrected chi connectivity index (χ4v) is 3.64. The van der Waals surface area contributed by atoms with Gasteiger partial charge in [-0.25, -0.2) is 0 Å². The van der Waals surface area contributed by atoms with Crippen LogP contribution in [0.3, 0.4) is 0 Å². The first-order valence-electron chi connectivity index (χ1n) is 7.66. The minimum atomic E-state index is 0.704.